The average molecular weight is 265 g/mol. The maximum atomic E-state index is 6.03. The summed E-state index contributed by atoms with van der Waals surface area (Å²) >= 11 is 0. The Balaban J connectivity index is 2.34. The van der Waals surface area contributed by atoms with Crippen LogP contribution in [0, 0.1) is 23.2 Å². The van der Waals surface area contributed by atoms with Crippen LogP contribution in [0.5, 0.6) is 0 Å². The predicted molar refractivity (Wildman–Crippen MR) is 81.7 cm³/mol. The molecule has 1 heterocycles. The van der Waals surface area contributed by atoms with Crippen LogP contribution in [-0.4, -0.2) is 25.7 Å². The monoisotopic (exact) mass is 265 g/mol. The van der Waals surface area contributed by atoms with Gasteiger partial charge in [-0.15, -0.1) is 0 Å². The Kier molecular flexibility index (Phi) is 4.26. The summed E-state index contributed by atoms with van der Waals surface area (Å²) in [5, 5.41) is 7.33. The van der Waals surface area contributed by atoms with Crippen LogP contribution in [0.4, 0.5) is 0 Å². The molecule has 0 bridgehead atoms. The van der Waals surface area contributed by atoms with Gasteiger partial charge in [0.05, 0.1) is 0 Å². The van der Waals surface area contributed by atoms with Crippen LogP contribution in [-0.2, 0) is 0 Å². The van der Waals surface area contributed by atoms with E-state index in [0.717, 1.165) is 6.54 Å². The standard InChI is InChI=1S/C16H31N3/c1-6-8-13(18-5)14-12(7-2)19-15-11(9-17)16(14,15)10(3)4/h7,10-11,13-15,18-19H,6,8-9,17H2,1-5H3/b12-7-. The molecule has 1 saturated carbocycles. The Morgan fingerprint density at radius 3 is 2.58 bits per heavy atom. The summed E-state index contributed by atoms with van der Waals surface area (Å²) in [7, 11) is 2.11. The van der Waals surface area contributed by atoms with Crippen molar-refractivity contribution in [2.45, 2.75) is 52.6 Å². The molecule has 1 aliphatic heterocycles. The molecular formula is C16H31N3. The normalized spacial score (nSPS) is 40.4. The number of hydrogen-bond acceptors (Lipinski definition) is 3. The van der Waals surface area contributed by atoms with Gasteiger partial charge >= 0.3 is 0 Å². The van der Waals surface area contributed by atoms with Gasteiger partial charge in [0, 0.05) is 35.0 Å². The smallest absolute Gasteiger partial charge is 0.0374 e. The van der Waals surface area contributed by atoms with Crippen molar-refractivity contribution in [2.75, 3.05) is 13.6 Å². The molecule has 0 spiro atoms. The molecule has 2 rings (SSSR count). The minimum absolute atomic E-state index is 0.374. The van der Waals surface area contributed by atoms with Gasteiger partial charge in [-0.2, -0.15) is 0 Å². The van der Waals surface area contributed by atoms with Crippen LogP contribution in [0.2, 0.25) is 0 Å². The minimum atomic E-state index is 0.374. The van der Waals surface area contributed by atoms with Crippen molar-refractivity contribution in [1.29, 1.82) is 0 Å². The highest BCUT2D eigenvalue weighted by Gasteiger charge is 2.74. The van der Waals surface area contributed by atoms with Crippen molar-refractivity contribution in [3.8, 4) is 0 Å². The summed E-state index contributed by atoms with van der Waals surface area (Å²) in [4.78, 5) is 0. The second-order valence-electron chi connectivity index (χ2n) is 6.52. The third-order valence-electron chi connectivity index (χ3n) is 5.61. The Bertz CT molecular complexity index is 350. The van der Waals surface area contributed by atoms with Gasteiger partial charge in [0.1, 0.15) is 0 Å². The lowest BCUT2D eigenvalue weighted by Crippen LogP contribution is -2.42. The molecule has 5 atom stereocenters. The van der Waals surface area contributed by atoms with Crippen LogP contribution in [0.25, 0.3) is 0 Å². The number of hydrogen-bond donors (Lipinski definition) is 3. The quantitative estimate of drug-likeness (QED) is 0.689. The summed E-state index contributed by atoms with van der Waals surface area (Å²) in [5.74, 6) is 1.92. The minimum Gasteiger partial charge on any atom is -0.385 e. The molecule has 110 valence electrons. The Labute approximate surface area is 118 Å². The lowest BCUT2D eigenvalue weighted by Gasteiger charge is -2.35. The first-order chi connectivity index (χ1) is 9.09. The van der Waals surface area contributed by atoms with Gasteiger partial charge in [-0.05, 0) is 32.9 Å². The van der Waals surface area contributed by atoms with Crippen LogP contribution in [0.1, 0.15) is 40.5 Å². The molecule has 3 heteroatoms. The number of nitrogens with one attached hydrogen (secondary N) is 2. The molecule has 4 N–H and O–H groups in total. The van der Waals surface area contributed by atoms with Crippen molar-refractivity contribution in [3.63, 3.8) is 0 Å². The van der Waals surface area contributed by atoms with Gasteiger partial charge in [-0.3, -0.25) is 0 Å². The van der Waals surface area contributed by atoms with E-state index in [1.807, 2.05) is 0 Å². The van der Waals surface area contributed by atoms with Crippen molar-refractivity contribution >= 4 is 0 Å². The highest BCUT2D eigenvalue weighted by atomic mass is 15.1. The van der Waals surface area contributed by atoms with E-state index in [1.165, 1.54) is 18.5 Å². The molecule has 1 saturated heterocycles. The average Bonchev–Trinajstić information content (AvgIpc) is 2.92. The Hall–Kier alpha value is -0.540. The van der Waals surface area contributed by atoms with Gasteiger partial charge < -0.3 is 16.4 Å². The third kappa shape index (κ3) is 1.93. The Morgan fingerprint density at radius 1 is 1.47 bits per heavy atom. The molecule has 2 aliphatic rings. The van der Waals surface area contributed by atoms with Crippen molar-refractivity contribution in [3.05, 3.63) is 11.8 Å². The number of allylic oxidation sites excluding steroid dienone is 1. The van der Waals surface area contributed by atoms with E-state index in [4.69, 9.17) is 5.73 Å². The van der Waals surface area contributed by atoms with E-state index in [-0.39, 0.29) is 0 Å². The number of fused-ring (bicyclic) bond motifs is 1. The predicted octanol–water partition coefficient (Wildman–Crippen LogP) is 2.10. The molecule has 19 heavy (non-hydrogen) atoms. The van der Waals surface area contributed by atoms with Gasteiger partial charge in [0.15, 0.2) is 0 Å². The number of piperidine rings is 1. The molecule has 0 radical (unpaired) electrons. The zero-order valence-corrected chi connectivity index (χ0v) is 13.2. The lowest BCUT2D eigenvalue weighted by atomic mass is 9.72. The first kappa shape index (κ1) is 14.9. The molecule has 2 fully saturated rings. The molecular weight excluding hydrogens is 234 g/mol. The first-order valence-corrected chi connectivity index (χ1v) is 7.89. The molecule has 0 aromatic rings. The van der Waals surface area contributed by atoms with E-state index >= 15 is 0 Å². The summed E-state index contributed by atoms with van der Waals surface area (Å²) < 4.78 is 0. The Morgan fingerprint density at radius 2 is 2.16 bits per heavy atom. The van der Waals surface area contributed by atoms with Gasteiger partial charge in [0.25, 0.3) is 0 Å². The topological polar surface area (TPSA) is 50.1 Å². The molecule has 3 nitrogen and oxygen atoms in total. The highest BCUT2D eigenvalue weighted by molar-refractivity contribution is 5.36. The second-order valence-corrected chi connectivity index (χ2v) is 6.52. The summed E-state index contributed by atoms with van der Waals surface area (Å²) in [5.41, 5.74) is 7.85. The summed E-state index contributed by atoms with van der Waals surface area (Å²) in [6.07, 6.45) is 4.73. The van der Waals surface area contributed by atoms with Crippen molar-refractivity contribution < 1.29 is 0 Å². The van der Waals surface area contributed by atoms with Gasteiger partial charge in [-0.25, -0.2) is 0 Å². The van der Waals surface area contributed by atoms with Crippen molar-refractivity contribution in [1.82, 2.24) is 10.6 Å². The lowest BCUT2D eigenvalue weighted by molar-refractivity contribution is 0.194. The molecule has 0 aromatic carbocycles. The fourth-order valence-electron chi connectivity index (χ4n) is 4.80. The molecule has 0 aromatic heterocycles. The van der Waals surface area contributed by atoms with Crippen LogP contribution < -0.4 is 16.4 Å². The fourth-order valence-corrected chi connectivity index (χ4v) is 4.80. The van der Waals surface area contributed by atoms with Crippen molar-refractivity contribution in [2.24, 2.45) is 28.9 Å². The molecule has 0 amide bonds. The molecule has 1 aliphatic carbocycles. The summed E-state index contributed by atoms with van der Waals surface area (Å²) in [6.45, 7) is 9.98. The van der Waals surface area contributed by atoms with E-state index in [2.05, 4.69) is 51.5 Å². The second kappa shape index (κ2) is 5.45. The zero-order valence-electron chi connectivity index (χ0n) is 13.2. The van der Waals surface area contributed by atoms with E-state index in [1.54, 1.807) is 0 Å². The molecule has 5 unspecified atom stereocenters. The number of nitrogens with two attached hydrogens (primary N) is 1. The largest absolute Gasteiger partial charge is 0.385 e. The third-order valence-corrected chi connectivity index (χ3v) is 5.61. The zero-order chi connectivity index (χ0) is 14.2. The van der Waals surface area contributed by atoms with E-state index in [0.29, 0.717) is 35.3 Å². The fraction of sp³-hybridized carbons (Fsp3) is 0.875. The SMILES string of the molecule is C/C=C1\NC2C(CN)C2(C(C)C)C1C(CCC)NC. The van der Waals surface area contributed by atoms with Gasteiger partial charge in [0.2, 0.25) is 0 Å². The van der Waals surface area contributed by atoms with E-state index < -0.39 is 0 Å². The first-order valence-electron chi connectivity index (χ1n) is 7.89. The van der Waals surface area contributed by atoms with E-state index in [9.17, 15) is 0 Å². The van der Waals surface area contributed by atoms with Crippen LogP contribution >= 0.6 is 0 Å². The van der Waals surface area contributed by atoms with Crippen LogP contribution in [0.3, 0.4) is 0 Å². The maximum absolute atomic E-state index is 6.03. The number of rotatable bonds is 6. The van der Waals surface area contributed by atoms with Gasteiger partial charge in [-0.1, -0.05) is 33.3 Å². The van der Waals surface area contributed by atoms with Crippen LogP contribution in [0.15, 0.2) is 11.8 Å². The summed E-state index contributed by atoms with van der Waals surface area (Å²) in [6, 6.07) is 1.16. The highest BCUT2D eigenvalue weighted by Crippen LogP contribution is 2.68. The maximum Gasteiger partial charge on any atom is 0.0374 e.